The Morgan fingerprint density at radius 3 is 2.71 bits per heavy atom. The van der Waals surface area contributed by atoms with Gasteiger partial charge in [-0.05, 0) is 61.7 Å². The minimum absolute atomic E-state index is 0.118. The van der Waals surface area contributed by atoms with Gasteiger partial charge in [0.05, 0.1) is 24.9 Å². The fourth-order valence-electron chi connectivity index (χ4n) is 4.04. The third-order valence-electron chi connectivity index (χ3n) is 6.08. The molecule has 3 aromatic rings. The molecule has 0 saturated carbocycles. The van der Waals surface area contributed by atoms with E-state index in [0.717, 1.165) is 28.2 Å². The molecule has 35 heavy (non-hydrogen) atoms. The van der Waals surface area contributed by atoms with E-state index in [1.54, 1.807) is 36.5 Å². The summed E-state index contributed by atoms with van der Waals surface area (Å²) in [6.45, 7) is 5.20. The van der Waals surface area contributed by atoms with E-state index in [2.05, 4.69) is 15.5 Å². The molecule has 2 amide bonds. The van der Waals surface area contributed by atoms with Gasteiger partial charge in [0.2, 0.25) is 5.91 Å². The Kier molecular flexibility index (Phi) is 7.54. The second-order valence-corrected chi connectivity index (χ2v) is 8.23. The first-order valence-corrected chi connectivity index (χ1v) is 11.7. The van der Waals surface area contributed by atoms with Gasteiger partial charge in [0.25, 0.3) is 5.91 Å². The molecule has 4 rings (SSSR count). The fraction of sp³-hybridized carbons (Fsp3) is 0.346. The Morgan fingerprint density at radius 1 is 1.17 bits per heavy atom. The van der Waals surface area contributed by atoms with Gasteiger partial charge in [0.15, 0.2) is 6.61 Å². The fourth-order valence-corrected chi connectivity index (χ4v) is 4.04. The molecule has 1 aliphatic heterocycles. The van der Waals surface area contributed by atoms with Gasteiger partial charge < -0.3 is 24.4 Å². The third-order valence-corrected chi connectivity index (χ3v) is 6.08. The van der Waals surface area contributed by atoms with Crippen molar-refractivity contribution < 1.29 is 23.8 Å². The van der Waals surface area contributed by atoms with Crippen LogP contribution in [-0.4, -0.2) is 60.3 Å². The average Bonchev–Trinajstić information content (AvgIpc) is 3.43. The Hall–Kier alpha value is -4.01. The highest BCUT2D eigenvalue weighted by Crippen LogP contribution is 2.34. The summed E-state index contributed by atoms with van der Waals surface area (Å²) in [5.41, 5.74) is 3.14. The summed E-state index contributed by atoms with van der Waals surface area (Å²) in [4.78, 5) is 27.4. The zero-order chi connectivity index (χ0) is 24.8. The summed E-state index contributed by atoms with van der Waals surface area (Å²) in [7, 11) is 1.61. The number of fused-ring (bicyclic) bond motifs is 1. The van der Waals surface area contributed by atoms with Crippen LogP contribution in [-0.2, 0) is 16.0 Å². The smallest absolute Gasteiger partial charge is 0.260 e. The van der Waals surface area contributed by atoms with Gasteiger partial charge in [-0.25, -0.2) is 0 Å². The van der Waals surface area contributed by atoms with Crippen molar-refractivity contribution in [1.29, 1.82) is 0 Å². The number of amides is 2. The van der Waals surface area contributed by atoms with Crippen LogP contribution in [0.3, 0.4) is 0 Å². The molecule has 0 bridgehead atoms. The number of rotatable bonds is 9. The number of hydrogen-bond donors (Lipinski definition) is 2. The molecule has 0 unspecified atom stereocenters. The standard InChI is InChI=1S/C26H30N4O5/c1-4-30(5-2)25(31)16-35-24-12-17(20-13-27-28-14-20)6-8-22(24)29-26(32)19-10-18-11-21(33-3)7-9-23(18)34-15-19/h6-9,11-14,19H,4-5,10,15-16H2,1-3H3,(H,27,28)(H,29,32)/t19-/m0/s1. The number of aromatic nitrogens is 2. The highest BCUT2D eigenvalue weighted by molar-refractivity contribution is 5.95. The van der Waals surface area contributed by atoms with Crippen molar-refractivity contribution in [3.63, 3.8) is 0 Å². The van der Waals surface area contributed by atoms with E-state index < -0.39 is 0 Å². The lowest BCUT2D eigenvalue weighted by atomic mass is 9.95. The van der Waals surface area contributed by atoms with Gasteiger partial charge in [0.1, 0.15) is 23.9 Å². The first-order valence-electron chi connectivity index (χ1n) is 11.7. The molecule has 0 fully saturated rings. The molecule has 0 aliphatic carbocycles. The SMILES string of the molecule is CCN(CC)C(=O)COc1cc(-c2cn[nH]c2)ccc1NC(=O)[C@@H]1COc2ccc(OC)cc2C1. The summed E-state index contributed by atoms with van der Waals surface area (Å²) in [6.07, 6.45) is 4.00. The zero-order valence-corrected chi connectivity index (χ0v) is 20.2. The van der Waals surface area contributed by atoms with Crippen LogP contribution in [0.2, 0.25) is 0 Å². The van der Waals surface area contributed by atoms with Crippen LogP contribution < -0.4 is 19.5 Å². The summed E-state index contributed by atoms with van der Waals surface area (Å²) in [5, 5.41) is 9.75. The van der Waals surface area contributed by atoms with Crippen molar-refractivity contribution in [3.05, 3.63) is 54.4 Å². The zero-order valence-electron chi connectivity index (χ0n) is 20.2. The van der Waals surface area contributed by atoms with Crippen molar-refractivity contribution in [2.24, 2.45) is 5.92 Å². The molecule has 0 spiro atoms. The number of methoxy groups -OCH3 is 1. The van der Waals surface area contributed by atoms with E-state index in [1.165, 1.54) is 0 Å². The molecule has 9 nitrogen and oxygen atoms in total. The molecule has 0 radical (unpaired) electrons. The van der Waals surface area contributed by atoms with Gasteiger partial charge in [-0.2, -0.15) is 5.10 Å². The van der Waals surface area contributed by atoms with E-state index in [0.29, 0.717) is 30.9 Å². The largest absolute Gasteiger partial charge is 0.497 e. The lowest BCUT2D eigenvalue weighted by Gasteiger charge is -2.25. The molecule has 2 heterocycles. The van der Waals surface area contributed by atoms with Crippen molar-refractivity contribution in [2.75, 3.05) is 38.7 Å². The maximum atomic E-state index is 13.2. The van der Waals surface area contributed by atoms with E-state index in [9.17, 15) is 9.59 Å². The van der Waals surface area contributed by atoms with E-state index in [-0.39, 0.29) is 30.9 Å². The molecular formula is C26H30N4O5. The lowest BCUT2D eigenvalue weighted by Crippen LogP contribution is -2.35. The van der Waals surface area contributed by atoms with Gasteiger partial charge in [-0.1, -0.05) is 6.07 Å². The van der Waals surface area contributed by atoms with Gasteiger partial charge in [-0.15, -0.1) is 0 Å². The van der Waals surface area contributed by atoms with E-state index in [1.807, 2.05) is 38.1 Å². The van der Waals surface area contributed by atoms with Crippen LogP contribution in [0.25, 0.3) is 11.1 Å². The number of anilines is 1. The van der Waals surface area contributed by atoms with Crippen LogP contribution >= 0.6 is 0 Å². The van der Waals surface area contributed by atoms with Crippen LogP contribution in [0.1, 0.15) is 19.4 Å². The number of nitrogens with zero attached hydrogens (tertiary/aromatic N) is 2. The summed E-state index contributed by atoms with van der Waals surface area (Å²) >= 11 is 0. The Balaban J connectivity index is 1.52. The predicted molar refractivity (Wildman–Crippen MR) is 132 cm³/mol. The first kappa shape index (κ1) is 24.1. The molecular weight excluding hydrogens is 448 g/mol. The monoisotopic (exact) mass is 478 g/mol. The normalized spacial score (nSPS) is 14.4. The topological polar surface area (TPSA) is 106 Å². The second-order valence-electron chi connectivity index (χ2n) is 8.23. The third kappa shape index (κ3) is 5.56. The number of nitrogens with one attached hydrogen (secondary N) is 2. The number of carbonyl (C=O) groups excluding carboxylic acids is 2. The molecule has 1 aromatic heterocycles. The quantitative estimate of drug-likeness (QED) is 0.488. The molecule has 9 heteroatoms. The van der Waals surface area contributed by atoms with Gasteiger partial charge in [0, 0.05) is 24.8 Å². The Labute approximate surface area is 204 Å². The van der Waals surface area contributed by atoms with Gasteiger partial charge >= 0.3 is 0 Å². The van der Waals surface area contributed by atoms with Crippen molar-refractivity contribution in [1.82, 2.24) is 15.1 Å². The molecule has 2 aromatic carbocycles. The molecule has 1 aliphatic rings. The Bertz CT molecular complexity index is 1170. The number of ether oxygens (including phenoxy) is 3. The van der Waals surface area contributed by atoms with Crippen LogP contribution in [0.15, 0.2) is 48.8 Å². The summed E-state index contributed by atoms with van der Waals surface area (Å²) < 4.78 is 17.0. The van der Waals surface area contributed by atoms with Crippen molar-refractivity contribution >= 4 is 17.5 Å². The minimum Gasteiger partial charge on any atom is -0.497 e. The van der Waals surface area contributed by atoms with Crippen molar-refractivity contribution in [3.8, 4) is 28.4 Å². The highest BCUT2D eigenvalue weighted by Gasteiger charge is 2.27. The van der Waals surface area contributed by atoms with Crippen LogP contribution in [0, 0.1) is 5.92 Å². The summed E-state index contributed by atoms with van der Waals surface area (Å²) in [6, 6.07) is 11.0. The van der Waals surface area contributed by atoms with E-state index >= 15 is 0 Å². The van der Waals surface area contributed by atoms with Crippen LogP contribution in [0.5, 0.6) is 17.2 Å². The van der Waals surface area contributed by atoms with E-state index in [4.69, 9.17) is 14.2 Å². The molecule has 184 valence electrons. The van der Waals surface area contributed by atoms with Crippen LogP contribution in [0.4, 0.5) is 5.69 Å². The maximum Gasteiger partial charge on any atom is 0.260 e. The van der Waals surface area contributed by atoms with Crippen molar-refractivity contribution in [2.45, 2.75) is 20.3 Å². The minimum atomic E-state index is -0.381. The maximum absolute atomic E-state index is 13.2. The second kappa shape index (κ2) is 10.9. The molecule has 1 atom stereocenters. The average molecular weight is 479 g/mol. The highest BCUT2D eigenvalue weighted by atomic mass is 16.5. The number of benzene rings is 2. The number of carbonyl (C=O) groups is 2. The number of aromatic amines is 1. The van der Waals surface area contributed by atoms with Gasteiger partial charge in [-0.3, -0.25) is 14.7 Å². The number of hydrogen-bond acceptors (Lipinski definition) is 6. The first-order chi connectivity index (χ1) is 17.0. The number of H-pyrrole nitrogens is 1. The number of likely N-dealkylation sites (N-methyl/N-ethyl adjacent to an activating group) is 1. The molecule has 0 saturated heterocycles. The lowest BCUT2D eigenvalue weighted by molar-refractivity contribution is -0.132. The predicted octanol–water partition coefficient (Wildman–Crippen LogP) is 3.52. The summed E-state index contributed by atoms with van der Waals surface area (Å²) in [5.74, 6) is 1.21. The Morgan fingerprint density at radius 2 is 2.00 bits per heavy atom. The molecule has 2 N–H and O–H groups in total.